The second-order valence-corrected chi connectivity index (χ2v) is 6.16. The second kappa shape index (κ2) is 8.38. The number of amides is 1. The Morgan fingerprint density at radius 1 is 0.926 bits per heavy atom. The number of carboxylic acid groups (broad SMARTS) is 1. The van der Waals surface area contributed by atoms with Gasteiger partial charge >= 0.3 is 5.97 Å². The standard InChI is InChI=1S/C21H16ClNO4/c22-16-9-10-19(18(12-16)21(25)26)23-20(24)13-27-17-8-4-7-15(11-17)14-5-2-1-3-6-14/h1-12H,13H2,(H,23,24)(H,25,26). The van der Waals surface area contributed by atoms with E-state index < -0.39 is 11.9 Å². The highest BCUT2D eigenvalue weighted by atomic mass is 35.5. The summed E-state index contributed by atoms with van der Waals surface area (Å²) in [6.45, 7) is -0.250. The third-order valence-electron chi connectivity index (χ3n) is 3.80. The van der Waals surface area contributed by atoms with E-state index in [1.807, 2.05) is 48.5 Å². The number of anilines is 1. The smallest absolute Gasteiger partial charge is 0.337 e. The van der Waals surface area contributed by atoms with Gasteiger partial charge in [0.2, 0.25) is 0 Å². The topological polar surface area (TPSA) is 75.6 Å². The van der Waals surface area contributed by atoms with Gasteiger partial charge in [-0.2, -0.15) is 0 Å². The quantitative estimate of drug-likeness (QED) is 0.647. The van der Waals surface area contributed by atoms with E-state index in [2.05, 4.69) is 5.32 Å². The normalized spacial score (nSPS) is 10.3. The summed E-state index contributed by atoms with van der Waals surface area (Å²) in [6.07, 6.45) is 0. The molecule has 6 heteroatoms. The van der Waals surface area contributed by atoms with Crippen LogP contribution in [0.2, 0.25) is 5.02 Å². The number of ether oxygens (including phenoxy) is 1. The average Bonchev–Trinajstić information content (AvgIpc) is 2.68. The van der Waals surface area contributed by atoms with Gasteiger partial charge in [0, 0.05) is 5.02 Å². The van der Waals surface area contributed by atoms with Crippen molar-refractivity contribution >= 4 is 29.2 Å². The molecule has 0 saturated heterocycles. The SMILES string of the molecule is O=C(COc1cccc(-c2ccccc2)c1)Nc1ccc(Cl)cc1C(=O)O. The van der Waals surface area contributed by atoms with Crippen LogP contribution in [0.5, 0.6) is 5.75 Å². The van der Waals surface area contributed by atoms with Gasteiger partial charge < -0.3 is 15.2 Å². The van der Waals surface area contributed by atoms with Gasteiger partial charge in [0.05, 0.1) is 11.3 Å². The highest BCUT2D eigenvalue weighted by Crippen LogP contribution is 2.24. The molecule has 3 rings (SSSR count). The van der Waals surface area contributed by atoms with Crippen molar-refractivity contribution in [2.45, 2.75) is 0 Å². The summed E-state index contributed by atoms with van der Waals surface area (Å²) in [5.41, 5.74) is 2.10. The fourth-order valence-electron chi connectivity index (χ4n) is 2.53. The lowest BCUT2D eigenvalue weighted by Crippen LogP contribution is -2.21. The monoisotopic (exact) mass is 381 g/mol. The fourth-order valence-corrected chi connectivity index (χ4v) is 2.71. The van der Waals surface area contributed by atoms with E-state index in [4.69, 9.17) is 16.3 Å². The highest BCUT2D eigenvalue weighted by molar-refractivity contribution is 6.31. The first kappa shape index (κ1) is 18.5. The summed E-state index contributed by atoms with van der Waals surface area (Å²) in [5.74, 6) is -1.10. The van der Waals surface area contributed by atoms with Crippen LogP contribution >= 0.6 is 11.6 Å². The molecule has 0 bridgehead atoms. The molecule has 0 aliphatic carbocycles. The third kappa shape index (κ3) is 4.86. The Balaban J connectivity index is 1.66. The number of nitrogens with one attached hydrogen (secondary N) is 1. The first-order valence-corrected chi connectivity index (χ1v) is 8.52. The predicted molar refractivity (Wildman–Crippen MR) is 104 cm³/mol. The number of carboxylic acids is 1. The molecule has 2 N–H and O–H groups in total. The number of hydrogen-bond donors (Lipinski definition) is 2. The Kier molecular flexibility index (Phi) is 5.74. The molecule has 3 aromatic carbocycles. The summed E-state index contributed by atoms with van der Waals surface area (Å²) in [5, 5.41) is 12.0. The van der Waals surface area contributed by atoms with E-state index in [-0.39, 0.29) is 22.9 Å². The molecule has 0 heterocycles. The number of carbonyl (C=O) groups excluding carboxylic acids is 1. The lowest BCUT2D eigenvalue weighted by molar-refractivity contribution is -0.118. The zero-order chi connectivity index (χ0) is 19.2. The van der Waals surface area contributed by atoms with Gasteiger partial charge in [-0.3, -0.25) is 4.79 Å². The lowest BCUT2D eigenvalue weighted by Gasteiger charge is -2.11. The van der Waals surface area contributed by atoms with Crippen molar-refractivity contribution in [1.29, 1.82) is 0 Å². The molecule has 136 valence electrons. The minimum atomic E-state index is -1.18. The Bertz CT molecular complexity index is 973. The van der Waals surface area contributed by atoms with Crippen LogP contribution in [0.15, 0.2) is 72.8 Å². The molecule has 0 aliphatic heterocycles. The van der Waals surface area contributed by atoms with Gasteiger partial charge in [-0.15, -0.1) is 0 Å². The maximum Gasteiger partial charge on any atom is 0.337 e. The van der Waals surface area contributed by atoms with Gasteiger partial charge in [0.1, 0.15) is 5.75 Å². The van der Waals surface area contributed by atoms with Crippen molar-refractivity contribution in [2.75, 3.05) is 11.9 Å². The molecule has 0 spiro atoms. The van der Waals surface area contributed by atoms with Gasteiger partial charge in [-0.1, -0.05) is 54.1 Å². The molecule has 0 unspecified atom stereocenters. The van der Waals surface area contributed by atoms with E-state index in [9.17, 15) is 14.7 Å². The van der Waals surface area contributed by atoms with E-state index >= 15 is 0 Å². The van der Waals surface area contributed by atoms with Crippen LogP contribution in [-0.4, -0.2) is 23.6 Å². The van der Waals surface area contributed by atoms with Gasteiger partial charge in [0.15, 0.2) is 6.61 Å². The summed E-state index contributed by atoms with van der Waals surface area (Å²) < 4.78 is 5.54. The summed E-state index contributed by atoms with van der Waals surface area (Å²) in [6, 6.07) is 21.4. The molecule has 0 fully saturated rings. The Hall–Kier alpha value is -3.31. The predicted octanol–water partition coefficient (Wildman–Crippen LogP) is 4.72. The van der Waals surface area contributed by atoms with E-state index in [1.54, 1.807) is 6.07 Å². The maximum absolute atomic E-state index is 12.1. The number of carbonyl (C=O) groups is 2. The molecule has 27 heavy (non-hydrogen) atoms. The number of halogens is 1. The first-order chi connectivity index (χ1) is 13.0. The van der Waals surface area contributed by atoms with Crippen molar-refractivity contribution in [1.82, 2.24) is 0 Å². The van der Waals surface area contributed by atoms with Crippen molar-refractivity contribution < 1.29 is 19.4 Å². The summed E-state index contributed by atoms with van der Waals surface area (Å²) >= 11 is 5.80. The van der Waals surface area contributed by atoms with E-state index in [0.717, 1.165) is 11.1 Å². The Morgan fingerprint density at radius 3 is 2.41 bits per heavy atom. The van der Waals surface area contributed by atoms with Gasteiger partial charge in [-0.05, 0) is 41.5 Å². The maximum atomic E-state index is 12.1. The van der Waals surface area contributed by atoms with Gasteiger partial charge in [0.25, 0.3) is 5.91 Å². The van der Waals surface area contributed by atoms with Crippen LogP contribution in [0.1, 0.15) is 10.4 Å². The molecule has 0 saturated carbocycles. The molecule has 0 radical (unpaired) electrons. The largest absolute Gasteiger partial charge is 0.484 e. The van der Waals surface area contributed by atoms with E-state index in [0.29, 0.717) is 5.75 Å². The number of aromatic carboxylic acids is 1. The van der Waals surface area contributed by atoms with Crippen molar-refractivity contribution in [2.24, 2.45) is 0 Å². The molecule has 0 aromatic heterocycles. The second-order valence-electron chi connectivity index (χ2n) is 5.73. The van der Waals surface area contributed by atoms with Crippen LogP contribution in [-0.2, 0) is 4.79 Å². The number of benzene rings is 3. The zero-order valence-corrected chi connectivity index (χ0v) is 14.9. The zero-order valence-electron chi connectivity index (χ0n) is 14.2. The molecule has 3 aromatic rings. The number of hydrogen-bond acceptors (Lipinski definition) is 3. The minimum Gasteiger partial charge on any atom is -0.484 e. The summed E-state index contributed by atoms with van der Waals surface area (Å²) in [7, 11) is 0. The Morgan fingerprint density at radius 2 is 1.67 bits per heavy atom. The minimum absolute atomic E-state index is 0.0816. The molecule has 0 atom stereocenters. The summed E-state index contributed by atoms with van der Waals surface area (Å²) in [4.78, 5) is 23.4. The third-order valence-corrected chi connectivity index (χ3v) is 4.03. The van der Waals surface area contributed by atoms with Crippen molar-refractivity contribution in [3.8, 4) is 16.9 Å². The average molecular weight is 382 g/mol. The molecule has 0 aliphatic rings. The van der Waals surface area contributed by atoms with Crippen LogP contribution < -0.4 is 10.1 Å². The first-order valence-electron chi connectivity index (χ1n) is 8.14. The van der Waals surface area contributed by atoms with Crippen LogP contribution in [0.4, 0.5) is 5.69 Å². The van der Waals surface area contributed by atoms with E-state index in [1.165, 1.54) is 18.2 Å². The molecular weight excluding hydrogens is 366 g/mol. The van der Waals surface area contributed by atoms with Gasteiger partial charge in [-0.25, -0.2) is 4.79 Å². The fraction of sp³-hybridized carbons (Fsp3) is 0.0476. The Labute approximate surface area is 161 Å². The van der Waals surface area contributed by atoms with Crippen molar-refractivity contribution in [3.63, 3.8) is 0 Å². The number of rotatable bonds is 6. The molecular formula is C21H16ClNO4. The lowest BCUT2D eigenvalue weighted by atomic mass is 10.1. The molecule has 1 amide bonds. The van der Waals surface area contributed by atoms with Crippen LogP contribution in [0.25, 0.3) is 11.1 Å². The highest BCUT2D eigenvalue weighted by Gasteiger charge is 2.13. The van der Waals surface area contributed by atoms with Crippen molar-refractivity contribution in [3.05, 3.63) is 83.4 Å². The van der Waals surface area contributed by atoms with Crippen LogP contribution in [0, 0.1) is 0 Å². The molecule has 5 nitrogen and oxygen atoms in total. The van der Waals surface area contributed by atoms with Crippen LogP contribution in [0.3, 0.4) is 0 Å².